The number of pyridine rings is 1. The van der Waals surface area contributed by atoms with Crippen molar-refractivity contribution in [3.63, 3.8) is 0 Å². The minimum absolute atomic E-state index is 0.536. The largest absolute Gasteiger partial charge is 0.314 e. The molecule has 0 unspecified atom stereocenters. The highest BCUT2D eigenvalue weighted by atomic mass is 79.9. The molecule has 0 saturated carbocycles. The van der Waals surface area contributed by atoms with Crippen molar-refractivity contribution in [3.8, 4) is 0 Å². The molecule has 1 N–H and O–H groups in total. The average molecular weight is 326 g/mol. The van der Waals surface area contributed by atoms with Gasteiger partial charge in [-0.05, 0) is 34.0 Å². The first-order valence-electron chi connectivity index (χ1n) is 7.37. The van der Waals surface area contributed by atoms with Gasteiger partial charge < -0.3 is 5.32 Å². The maximum atomic E-state index is 4.40. The second kappa shape index (κ2) is 7.98. The van der Waals surface area contributed by atoms with Crippen LogP contribution >= 0.6 is 15.9 Å². The average Bonchev–Trinajstić information content (AvgIpc) is 2.46. The minimum Gasteiger partial charge on any atom is -0.314 e. The van der Waals surface area contributed by atoms with Crippen molar-refractivity contribution >= 4 is 15.9 Å². The number of aromatic nitrogens is 1. The molecule has 3 nitrogen and oxygen atoms in total. The second-order valence-electron chi connectivity index (χ2n) is 5.21. The first kappa shape index (κ1) is 14.9. The van der Waals surface area contributed by atoms with E-state index in [0.717, 1.165) is 30.8 Å². The van der Waals surface area contributed by atoms with Gasteiger partial charge in [0.1, 0.15) is 4.60 Å². The number of hydrogen-bond acceptors (Lipinski definition) is 3. The Morgan fingerprint density at radius 3 is 2.74 bits per heavy atom. The summed E-state index contributed by atoms with van der Waals surface area (Å²) < 4.78 is 0.920. The zero-order valence-corrected chi connectivity index (χ0v) is 13.3. The molecule has 1 aromatic rings. The van der Waals surface area contributed by atoms with Gasteiger partial charge in [-0.15, -0.1) is 0 Å². The summed E-state index contributed by atoms with van der Waals surface area (Å²) in [5, 5.41) is 3.43. The van der Waals surface area contributed by atoms with Gasteiger partial charge >= 0.3 is 0 Å². The Morgan fingerprint density at radius 2 is 2.11 bits per heavy atom. The molecular weight excluding hydrogens is 302 g/mol. The van der Waals surface area contributed by atoms with Crippen LogP contribution in [0.1, 0.15) is 44.2 Å². The van der Waals surface area contributed by atoms with Gasteiger partial charge in [-0.3, -0.25) is 4.90 Å². The van der Waals surface area contributed by atoms with Gasteiger partial charge in [-0.25, -0.2) is 4.98 Å². The molecule has 106 valence electrons. The van der Waals surface area contributed by atoms with Crippen LogP contribution in [0.2, 0.25) is 0 Å². The fraction of sp³-hybridized carbons (Fsp3) is 0.667. The van der Waals surface area contributed by atoms with Crippen molar-refractivity contribution in [2.75, 3.05) is 26.2 Å². The Labute approximate surface area is 124 Å². The van der Waals surface area contributed by atoms with E-state index in [-0.39, 0.29) is 0 Å². The van der Waals surface area contributed by atoms with Crippen molar-refractivity contribution in [3.05, 3.63) is 28.5 Å². The molecule has 1 aromatic heterocycles. The van der Waals surface area contributed by atoms with E-state index in [0.29, 0.717) is 6.04 Å². The van der Waals surface area contributed by atoms with E-state index in [1.807, 2.05) is 6.20 Å². The smallest absolute Gasteiger partial charge is 0.106 e. The van der Waals surface area contributed by atoms with E-state index in [1.165, 1.54) is 31.2 Å². The summed E-state index contributed by atoms with van der Waals surface area (Å²) >= 11 is 3.42. The Kier molecular flexibility index (Phi) is 6.28. The lowest BCUT2D eigenvalue weighted by Crippen LogP contribution is -2.45. The van der Waals surface area contributed by atoms with Crippen LogP contribution in [-0.4, -0.2) is 36.1 Å². The van der Waals surface area contributed by atoms with E-state index >= 15 is 0 Å². The Hall–Kier alpha value is -0.450. The molecule has 1 aliphatic rings. The number of nitrogens with zero attached hydrogens (tertiary/aromatic N) is 2. The molecule has 0 aliphatic carbocycles. The maximum absolute atomic E-state index is 4.40. The predicted molar refractivity (Wildman–Crippen MR) is 83.3 cm³/mol. The van der Waals surface area contributed by atoms with E-state index in [2.05, 4.69) is 50.2 Å². The predicted octanol–water partition coefficient (Wildman–Crippen LogP) is 3.37. The second-order valence-corrected chi connectivity index (χ2v) is 6.02. The van der Waals surface area contributed by atoms with Crippen molar-refractivity contribution < 1.29 is 0 Å². The van der Waals surface area contributed by atoms with E-state index < -0.39 is 0 Å². The van der Waals surface area contributed by atoms with Crippen LogP contribution < -0.4 is 5.32 Å². The SMILES string of the molecule is CCCCC[C@H](c1ccc(Br)nc1)N1CCNCC1. The number of halogens is 1. The lowest BCUT2D eigenvalue weighted by Gasteiger charge is -2.35. The summed E-state index contributed by atoms with van der Waals surface area (Å²) in [6.45, 7) is 6.77. The number of piperazine rings is 1. The van der Waals surface area contributed by atoms with Crippen LogP contribution in [0.5, 0.6) is 0 Å². The van der Waals surface area contributed by atoms with Crippen LogP contribution in [0, 0.1) is 0 Å². The van der Waals surface area contributed by atoms with Crippen LogP contribution in [0.4, 0.5) is 0 Å². The van der Waals surface area contributed by atoms with Crippen molar-refractivity contribution in [1.82, 2.24) is 15.2 Å². The highest BCUT2D eigenvalue weighted by molar-refractivity contribution is 9.10. The van der Waals surface area contributed by atoms with Crippen molar-refractivity contribution in [2.24, 2.45) is 0 Å². The fourth-order valence-corrected chi connectivity index (χ4v) is 2.96. The van der Waals surface area contributed by atoms with Crippen LogP contribution in [0.3, 0.4) is 0 Å². The summed E-state index contributed by atoms with van der Waals surface area (Å²) in [6, 6.07) is 4.81. The summed E-state index contributed by atoms with van der Waals surface area (Å²) in [4.78, 5) is 7.01. The monoisotopic (exact) mass is 325 g/mol. The third kappa shape index (κ3) is 4.55. The molecular formula is C15H24BrN3. The minimum atomic E-state index is 0.536. The molecule has 0 radical (unpaired) electrons. The molecule has 4 heteroatoms. The molecule has 2 rings (SSSR count). The highest BCUT2D eigenvalue weighted by Crippen LogP contribution is 2.27. The Morgan fingerprint density at radius 1 is 1.32 bits per heavy atom. The molecule has 1 fully saturated rings. The van der Waals surface area contributed by atoms with Gasteiger partial charge in [0.25, 0.3) is 0 Å². The number of hydrogen-bond donors (Lipinski definition) is 1. The summed E-state index contributed by atoms with van der Waals surface area (Å²) in [7, 11) is 0. The summed E-state index contributed by atoms with van der Waals surface area (Å²) in [5.74, 6) is 0. The van der Waals surface area contributed by atoms with Gasteiger partial charge in [0, 0.05) is 38.4 Å². The maximum Gasteiger partial charge on any atom is 0.106 e. The molecule has 0 amide bonds. The molecule has 1 aliphatic heterocycles. The van der Waals surface area contributed by atoms with E-state index in [4.69, 9.17) is 0 Å². The first-order valence-corrected chi connectivity index (χ1v) is 8.16. The molecule has 2 heterocycles. The van der Waals surface area contributed by atoms with Crippen LogP contribution in [0.15, 0.2) is 22.9 Å². The highest BCUT2D eigenvalue weighted by Gasteiger charge is 2.21. The van der Waals surface area contributed by atoms with Crippen molar-refractivity contribution in [1.29, 1.82) is 0 Å². The summed E-state index contributed by atoms with van der Waals surface area (Å²) in [6.07, 6.45) is 7.19. The Balaban J connectivity index is 2.05. The molecule has 1 atom stereocenters. The topological polar surface area (TPSA) is 28.2 Å². The van der Waals surface area contributed by atoms with Crippen LogP contribution in [-0.2, 0) is 0 Å². The van der Waals surface area contributed by atoms with Gasteiger partial charge in [0.2, 0.25) is 0 Å². The van der Waals surface area contributed by atoms with E-state index in [9.17, 15) is 0 Å². The third-order valence-electron chi connectivity index (χ3n) is 3.81. The summed E-state index contributed by atoms with van der Waals surface area (Å²) in [5.41, 5.74) is 1.36. The number of unbranched alkanes of at least 4 members (excludes halogenated alkanes) is 2. The molecule has 1 saturated heterocycles. The van der Waals surface area contributed by atoms with E-state index in [1.54, 1.807) is 0 Å². The molecule has 0 spiro atoms. The van der Waals surface area contributed by atoms with Gasteiger partial charge in [-0.2, -0.15) is 0 Å². The lowest BCUT2D eigenvalue weighted by molar-refractivity contribution is 0.162. The number of rotatable bonds is 6. The first-order chi connectivity index (χ1) is 9.31. The number of nitrogens with one attached hydrogen (secondary N) is 1. The van der Waals surface area contributed by atoms with Crippen molar-refractivity contribution in [2.45, 2.75) is 38.6 Å². The van der Waals surface area contributed by atoms with Crippen LogP contribution in [0.25, 0.3) is 0 Å². The molecule has 0 bridgehead atoms. The molecule has 0 aromatic carbocycles. The zero-order chi connectivity index (χ0) is 13.5. The van der Waals surface area contributed by atoms with Gasteiger partial charge in [0.05, 0.1) is 0 Å². The standard InChI is InChI=1S/C15H24BrN3/c1-2-3-4-5-14(19-10-8-17-9-11-19)13-6-7-15(16)18-12-13/h6-7,12,14,17H,2-5,8-11H2,1H3/t14-/m1/s1. The van der Waals surface area contributed by atoms with Gasteiger partial charge in [-0.1, -0.05) is 32.3 Å². The third-order valence-corrected chi connectivity index (χ3v) is 4.28. The fourth-order valence-electron chi connectivity index (χ4n) is 2.73. The normalized spacial score (nSPS) is 18.4. The quantitative estimate of drug-likeness (QED) is 0.642. The zero-order valence-electron chi connectivity index (χ0n) is 11.7. The Bertz CT molecular complexity index is 360. The molecule has 19 heavy (non-hydrogen) atoms. The lowest BCUT2D eigenvalue weighted by atomic mass is 9.99. The van der Waals surface area contributed by atoms with Gasteiger partial charge in [0.15, 0.2) is 0 Å².